The van der Waals surface area contributed by atoms with E-state index in [4.69, 9.17) is 4.63 Å². The van der Waals surface area contributed by atoms with Crippen molar-refractivity contribution in [2.75, 3.05) is 13.1 Å². The van der Waals surface area contributed by atoms with Gasteiger partial charge in [0.1, 0.15) is 0 Å². The van der Waals surface area contributed by atoms with Crippen LogP contribution in [0, 0.1) is 21.2 Å². The number of nitrogens with zero attached hydrogens (tertiary/aromatic N) is 4. The molecular weight excluding hydrogens is 300 g/mol. The van der Waals surface area contributed by atoms with Crippen LogP contribution in [-0.4, -0.2) is 28.1 Å². The Bertz CT molecular complexity index is 690. The molecule has 0 bridgehead atoms. The quantitative estimate of drug-likeness (QED) is 0.486. The lowest BCUT2D eigenvalue weighted by molar-refractivity contribution is -0.808. The molecule has 0 amide bonds. The largest absolute Gasteiger partial charge is 0.359 e. The van der Waals surface area contributed by atoms with Gasteiger partial charge in [0.25, 0.3) is 11.4 Å². The fraction of sp³-hybridized carbons (Fsp3) is 0.467. The van der Waals surface area contributed by atoms with Crippen molar-refractivity contribution in [1.82, 2.24) is 10.1 Å². The number of hydrogen-bond donors (Lipinski definition) is 0. The van der Waals surface area contributed by atoms with Gasteiger partial charge in [-0.15, -0.1) is 0 Å². The first-order valence-corrected chi connectivity index (χ1v) is 7.60. The van der Waals surface area contributed by atoms with Crippen molar-refractivity contribution < 1.29 is 14.5 Å². The third kappa shape index (κ3) is 3.31. The maximum Gasteiger partial charge on any atom is 0.269 e. The van der Waals surface area contributed by atoms with Gasteiger partial charge in [-0.3, -0.25) is 19.6 Å². The van der Waals surface area contributed by atoms with Crippen molar-refractivity contribution in [2.45, 2.75) is 26.3 Å². The second-order valence-electron chi connectivity index (χ2n) is 5.99. The molecule has 2 aromatic rings. The maximum absolute atomic E-state index is 11.9. The molecule has 1 fully saturated rings. The Morgan fingerprint density at radius 3 is 2.61 bits per heavy atom. The summed E-state index contributed by atoms with van der Waals surface area (Å²) < 4.78 is 4.74. The Balaban J connectivity index is 1.82. The van der Waals surface area contributed by atoms with Crippen molar-refractivity contribution in [2.24, 2.45) is 5.92 Å². The highest BCUT2D eigenvalue weighted by Crippen LogP contribution is 2.25. The Kier molecular flexibility index (Phi) is 4.24. The van der Waals surface area contributed by atoms with Gasteiger partial charge in [-0.05, 0) is 48.9 Å². The zero-order valence-corrected chi connectivity index (χ0v) is 12.8. The van der Waals surface area contributed by atoms with Crippen molar-refractivity contribution in [3.05, 3.63) is 45.3 Å². The lowest BCUT2D eigenvalue weighted by Gasteiger charge is -2.29. The minimum atomic E-state index is -0.462. The van der Waals surface area contributed by atoms with Gasteiger partial charge in [0.05, 0.1) is 11.5 Å². The Labute approximate surface area is 133 Å². The van der Waals surface area contributed by atoms with Crippen LogP contribution in [-0.2, 0) is 6.54 Å². The number of nitro benzene ring substituents is 1. The molecule has 0 radical (unpaired) electrons. The van der Waals surface area contributed by atoms with Gasteiger partial charge in [0, 0.05) is 22.9 Å². The molecule has 1 aliphatic rings. The van der Waals surface area contributed by atoms with Crippen LogP contribution < -0.4 is 4.90 Å². The summed E-state index contributed by atoms with van der Waals surface area (Å²) >= 11 is 0. The smallest absolute Gasteiger partial charge is 0.269 e. The van der Waals surface area contributed by atoms with Crippen molar-refractivity contribution in [3.63, 3.8) is 0 Å². The van der Waals surface area contributed by atoms with Gasteiger partial charge < -0.3 is 5.21 Å². The zero-order valence-electron chi connectivity index (χ0n) is 12.8. The van der Waals surface area contributed by atoms with Crippen LogP contribution in [0.4, 0.5) is 5.69 Å². The first-order chi connectivity index (χ1) is 11.0. The number of rotatable bonds is 4. The van der Waals surface area contributed by atoms with Gasteiger partial charge in [0.2, 0.25) is 5.69 Å². The number of likely N-dealkylation sites (tertiary alicyclic amines) is 1. The summed E-state index contributed by atoms with van der Waals surface area (Å²) in [4.78, 5) is 12.9. The van der Waals surface area contributed by atoms with Gasteiger partial charge in [-0.2, -0.15) is 0 Å². The summed E-state index contributed by atoms with van der Waals surface area (Å²) in [5.41, 5.74) is 1.51. The summed E-state index contributed by atoms with van der Waals surface area (Å²) in [7, 11) is 0. The van der Waals surface area contributed by atoms with Crippen LogP contribution in [0.5, 0.6) is 0 Å². The SMILES string of the molecule is CC1CCN(Cc2c(-c3ccc([N+](=O)[O-])cc3)no[n+]2[O-])CC1. The molecule has 0 aliphatic carbocycles. The first kappa shape index (κ1) is 15.4. The van der Waals surface area contributed by atoms with E-state index in [0.717, 1.165) is 25.9 Å². The van der Waals surface area contributed by atoms with Crippen LogP contribution >= 0.6 is 0 Å². The predicted octanol–water partition coefficient (Wildman–Crippen LogP) is 2.12. The molecule has 8 nitrogen and oxygen atoms in total. The van der Waals surface area contributed by atoms with E-state index in [1.165, 1.54) is 12.1 Å². The zero-order chi connectivity index (χ0) is 16.4. The normalized spacial score (nSPS) is 16.6. The summed E-state index contributed by atoms with van der Waals surface area (Å²) in [6.45, 7) is 4.57. The van der Waals surface area contributed by atoms with E-state index >= 15 is 0 Å². The van der Waals surface area contributed by atoms with E-state index in [1.807, 2.05) is 0 Å². The minimum absolute atomic E-state index is 0.00110. The van der Waals surface area contributed by atoms with Crippen molar-refractivity contribution >= 4 is 5.69 Å². The fourth-order valence-corrected chi connectivity index (χ4v) is 2.79. The van der Waals surface area contributed by atoms with E-state index in [9.17, 15) is 15.3 Å². The highest BCUT2D eigenvalue weighted by molar-refractivity contribution is 5.61. The lowest BCUT2D eigenvalue weighted by atomic mass is 9.99. The second-order valence-corrected chi connectivity index (χ2v) is 5.99. The molecule has 0 saturated carbocycles. The molecule has 2 heterocycles. The van der Waals surface area contributed by atoms with E-state index in [1.54, 1.807) is 12.1 Å². The maximum atomic E-state index is 11.9. The highest BCUT2D eigenvalue weighted by Gasteiger charge is 2.25. The monoisotopic (exact) mass is 318 g/mol. The second kappa shape index (κ2) is 6.33. The Morgan fingerprint density at radius 1 is 1.35 bits per heavy atom. The van der Waals surface area contributed by atoms with Crippen molar-refractivity contribution in [1.29, 1.82) is 0 Å². The van der Waals surface area contributed by atoms with E-state index in [2.05, 4.69) is 17.0 Å². The van der Waals surface area contributed by atoms with Gasteiger partial charge >= 0.3 is 0 Å². The Morgan fingerprint density at radius 2 is 2.00 bits per heavy atom. The molecule has 0 N–H and O–H groups in total. The molecule has 0 spiro atoms. The average Bonchev–Trinajstić information content (AvgIpc) is 2.91. The molecule has 1 aliphatic heterocycles. The van der Waals surface area contributed by atoms with E-state index < -0.39 is 4.92 Å². The lowest BCUT2D eigenvalue weighted by Crippen LogP contribution is -2.37. The predicted molar refractivity (Wildman–Crippen MR) is 81.2 cm³/mol. The molecule has 1 aromatic carbocycles. The summed E-state index contributed by atoms with van der Waals surface area (Å²) in [6.07, 6.45) is 2.22. The van der Waals surface area contributed by atoms with Gasteiger partial charge in [-0.1, -0.05) is 6.92 Å². The third-order valence-electron chi connectivity index (χ3n) is 4.30. The van der Waals surface area contributed by atoms with E-state index in [0.29, 0.717) is 34.3 Å². The molecule has 3 rings (SSSR count). The molecule has 0 atom stereocenters. The van der Waals surface area contributed by atoms with Crippen molar-refractivity contribution in [3.8, 4) is 11.3 Å². The highest BCUT2D eigenvalue weighted by atomic mass is 16.8. The van der Waals surface area contributed by atoms with Crippen LogP contribution in [0.1, 0.15) is 25.5 Å². The summed E-state index contributed by atoms with van der Waals surface area (Å²) in [6, 6.07) is 5.95. The number of nitro groups is 1. The first-order valence-electron chi connectivity index (χ1n) is 7.60. The Hall–Kier alpha value is -2.48. The standard InChI is InChI=1S/C15H18N4O4/c1-11-6-8-17(9-7-11)10-14-15(16-23-19(14)22)12-2-4-13(5-3-12)18(20)21/h2-5,11H,6-10H2,1H3. The topological polar surface area (TPSA) is 99.3 Å². The van der Waals surface area contributed by atoms with E-state index in [-0.39, 0.29) is 5.69 Å². The molecular formula is C15H18N4O4. The number of non-ortho nitro benzene ring substituents is 1. The van der Waals surface area contributed by atoms with Gasteiger partial charge in [0.15, 0.2) is 0 Å². The van der Waals surface area contributed by atoms with Crippen LogP contribution in [0.3, 0.4) is 0 Å². The summed E-state index contributed by atoms with van der Waals surface area (Å²) in [5, 5.41) is 26.4. The molecule has 1 saturated heterocycles. The van der Waals surface area contributed by atoms with Crippen LogP contribution in [0.2, 0.25) is 0 Å². The molecule has 8 heteroatoms. The molecule has 1 aromatic heterocycles. The van der Waals surface area contributed by atoms with Gasteiger partial charge in [-0.25, -0.2) is 0 Å². The third-order valence-corrected chi connectivity index (χ3v) is 4.30. The fourth-order valence-electron chi connectivity index (χ4n) is 2.79. The average molecular weight is 318 g/mol. The number of hydrogen-bond acceptors (Lipinski definition) is 6. The minimum Gasteiger partial charge on any atom is -0.359 e. The number of piperidine rings is 1. The summed E-state index contributed by atoms with van der Waals surface area (Å²) in [5.74, 6) is 0.710. The molecule has 23 heavy (non-hydrogen) atoms. The van der Waals surface area contributed by atoms with Crippen LogP contribution in [0.15, 0.2) is 28.9 Å². The van der Waals surface area contributed by atoms with Crippen LogP contribution in [0.25, 0.3) is 11.3 Å². The molecule has 122 valence electrons. The number of aromatic nitrogens is 2. The number of benzene rings is 1. The molecule has 0 unspecified atom stereocenters.